The van der Waals surface area contributed by atoms with E-state index < -0.39 is 20.6 Å². The average Bonchev–Trinajstić information content (AvgIpc) is 3.36. The molecule has 0 spiro atoms. The van der Waals surface area contributed by atoms with Gasteiger partial charge in [0.25, 0.3) is 6.29 Å². The second-order valence-corrected chi connectivity index (χ2v) is 15.8. The fraction of sp³-hybridized carbons (Fsp3) is 0.476. The number of nitrogens with zero attached hydrogens (tertiary/aromatic N) is 4. The molecule has 172 valence electrons. The lowest BCUT2D eigenvalue weighted by Gasteiger charge is -2.36. The number of aromatic nitrogens is 1. The lowest BCUT2D eigenvalue weighted by Crippen LogP contribution is -2.41. The molecule has 0 saturated heterocycles. The monoisotopic (exact) mass is 512 g/mol. The molecule has 0 bridgehead atoms. The summed E-state index contributed by atoms with van der Waals surface area (Å²) in [6.07, 6.45) is 2.99. The summed E-state index contributed by atoms with van der Waals surface area (Å²) in [5, 5.41) is 4.44. The highest BCUT2D eigenvalue weighted by molar-refractivity contribution is 7.16. The Morgan fingerprint density at radius 3 is 2.59 bits per heavy atom. The molecule has 11 heteroatoms. The van der Waals surface area contributed by atoms with Crippen molar-refractivity contribution in [2.45, 2.75) is 57.7 Å². The maximum Gasteiger partial charge on any atom is 0.275 e. The molecule has 0 amide bonds. The molecule has 3 heterocycles. The Bertz CT molecular complexity index is 1040. The highest BCUT2D eigenvalue weighted by Gasteiger charge is 2.37. The molecule has 0 saturated carbocycles. The van der Waals surface area contributed by atoms with Gasteiger partial charge in [-0.05, 0) is 53.3 Å². The minimum Gasteiger partial charge on any atom is -0.454 e. The van der Waals surface area contributed by atoms with Crippen LogP contribution < -0.4 is 0 Å². The number of thiophene rings is 1. The van der Waals surface area contributed by atoms with Gasteiger partial charge in [0.05, 0.1) is 14.9 Å². The Kier molecular flexibility index (Phi) is 7.80. The first-order valence-corrected chi connectivity index (χ1v) is 14.6. The first-order chi connectivity index (χ1) is 15.0. The van der Waals surface area contributed by atoms with Crippen molar-refractivity contribution in [2.24, 2.45) is 5.11 Å². The molecule has 1 atom stereocenters. The van der Waals surface area contributed by atoms with Crippen LogP contribution >= 0.6 is 34.5 Å². The van der Waals surface area contributed by atoms with Crippen molar-refractivity contribution in [1.29, 1.82) is 0 Å². The number of azide groups is 1. The predicted molar refractivity (Wildman–Crippen MR) is 130 cm³/mol. The van der Waals surface area contributed by atoms with Gasteiger partial charge in [0.15, 0.2) is 8.32 Å². The van der Waals surface area contributed by atoms with Crippen molar-refractivity contribution >= 4 is 42.9 Å². The lowest BCUT2D eigenvalue weighted by molar-refractivity contribution is -0.0217. The van der Waals surface area contributed by atoms with Crippen LogP contribution in [0.15, 0.2) is 35.8 Å². The van der Waals surface area contributed by atoms with Crippen molar-refractivity contribution in [3.63, 3.8) is 0 Å². The van der Waals surface area contributed by atoms with Crippen LogP contribution in [0.1, 0.15) is 54.8 Å². The molecule has 1 unspecified atom stereocenters. The summed E-state index contributed by atoms with van der Waals surface area (Å²) >= 11 is 14.1. The van der Waals surface area contributed by atoms with Crippen LogP contribution in [-0.4, -0.2) is 19.9 Å². The molecule has 2 aromatic heterocycles. The Labute approximate surface area is 203 Å². The van der Waals surface area contributed by atoms with E-state index in [-0.39, 0.29) is 5.04 Å². The number of pyridine rings is 1. The third kappa shape index (κ3) is 5.59. The van der Waals surface area contributed by atoms with E-state index in [1.165, 1.54) is 23.9 Å². The van der Waals surface area contributed by atoms with Gasteiger partial charge in [0, 0.05) is 11.5 Å². The number of rotatable bonds is 8. The fourth-order valence-corrected chi connectivity index (χ4v) is 5.47. The largest absolute Gasteiger partial charge is 0.454 e. The summed E-state index contributed by atoms with van der Waals surface area (Å²) in [6, 6.07) is 4.70. The number of ether oxygens (including phenoxy) is 2. The maximum atomic E-state index is 9.28. The smallest absolute Gasteiger partial charge is 0.275 e. The normalized spacial score (nSPS) is 15.2. The topological polar surface area (TPSA) is 89.3 Å². The highest BCUT2D eigenvalue weighted by Crippen LogP contribution is 2.42. The van der Waals surface area contributed by atoms with E-state index in [1.807, 2.05) is 12.1 Å². The van der Waals surface area contributed by atoms with Gasteiger partial charge in [0.2, 0.25) is 0 Å². The Morgan fingerprint density at radius 1 is 1.28 bits per heavy atom. The summed E-state index contributed by atoms with van der Waals surface area (Å²) in [4.78, 5) is 8.32. The Morgan fingerprint density at radius 2 is 1.97 bits per heavy atom. The van der Waals surface area contributed by atoms with Crippen LogP contribution in [0, 0.1) is 0 Å². The SMILES string of the molecule is CC(C)(C)[Si](C)(C)OCCc1ccc(Cl)nc1C(N=[N+]=[N-])c1cc(C2OC=CO2)sc1Cl. The molecule has 0 N–H and O–H groups in total. The van der Waals surface area contributed by atoms with Gasteiger partial charge in [-0.1, -0.05) is 55.2 Å². The van der Waals surface area contributed by atoms with Crippen LogP contribution in [0.4, 0.5) is 0 Å². The molecule has 0 aromatic carbocycles. The van der Waals surface area contributed by atoms with Gasteiger partial charge in [-0.15, -0.1) is 11.3 Å². The average molecular weight is 514 g/mol. The molecule has 0 radical (unpaired) electrons. The Hall–Kier alpha value is -1.74. The molecule has 0 aliphatic carbocycles. The Balaban J connectivity index is 1.90. The van der Waals surface area contributed by atoms with Crippen molar-refractivity contribution in [3.8, 4) is 0 Å². The van der Waals surface area contributed by atoms with E-state index in [0.717, 1.165) is 10.4 Å². The number of hydrogen-bond donors (Lipinski definition) is 0. The van der Waals surface area contributed by atoms with E-state index in [9.17, 15) is 5.53 Å². The second kappa shape index (κ2) is 10.0. The van der Waals surface area contributed by atoms with Crippen molar-refractivity contribution in [3.05, 3.63) is 72.4 Å². The highest BCUT2D eigenvalue weighted by atomic mass is 35.5. The van der Waals surface area contributed by atoms with Crippen molar-refractivity contribution < 1.29 is 13.9 Å². The van der Waals surface area contributed by atoms with E-state index in [2.05, 4.69) is 48.9 Å². The van der Waals surface area contributed by atoms with E-state index in [0.29, 0.717) is 33.8 Å². The lowest BCUT2D eigenvalue weighted by atomic mass is 10.0. The van der Waals surface area contributed by atoms with Gasteiger partial charge in [-0.2, -0.15) is 0 Å². The van der Waals surface area contributed by atoms with Gasteiger partial charge in [-0.3, -0.25) is 0 Å². The van der Waals surface area contributed by atoms with Crippen molar-refractivity contribution in [1.82, 2.24) is 4.98 Å². The minimum atomic E-state index is -1.90. The first-order valence-electron chi connectivity index (χ1n) is 10.1. The van der Waals surface area contributed by atoms with E-state index >= 15 is 0 Å². The summed E-state index contributed by atoms with van der Waals surface area (Å²) < 4.78 is 17.6. The molecule has 7 nitrogen and oxygen atoms in total. The van der Waals surface area contributed by atoms with Gasteiger partial charge >= 0.3 is 0 Å². The van der Waals surface area contributed by atoms with Crippen LogP contribution in [0.2, 0.25) is 27.6 Å². The molecule has 0 fully saturated rings. The van der Waals surface area contributed by atoms with Crippen molar-refractivity contribution in [2.75, 3.05) is 6.61 Å². The first kappa shape index (κ1) is 24.9. The van der Waals surface area contributed by atoms with Crippen LogP contribution in [0.25, 0.3) is 10.4 Å². The molecule has 2 aromatic rings. The van der Waals surface area contributed by atoms with Gasteiger partial charge in [-0.25, -0.2) is 4.98 Å². The summed E-state index contributed by atoms with van der Waals surface area (Å²) in [7, 11) is -1.90. The quantitative estimate of drug-likeness (QED) is 0.118. The number of hydrogen-bond acceptors (Lipinski definition) is 6. The van der Waals surface area contributed by atoms with Crippen LogP contribution in [0.3, 0.4) is 0 Å². The minimum absolute atomic E-state index is 0.113. The van der Waals surface area contributed by atoms with Gasteiger partial charge < -0.3 is 13.9 Å². The zero-order chi connectivity index (χ0) is 23.5. The fourth-order valence-electron chi connectivity index (χ4n) is 2.95. The van der Waals surface area contributed by atoms with Gasteiger partial charge in [0.1, 0.15) is 23.7 Å². The second-order valence-electron chi connectivity index (χ2n) is 8.90. The summed E-state index contributed by atoms with van der Waals surface area (Å²) in [5.41, 5.74) is 11.4. The van der Waals surface area contributed by atoms with Crippen LogP contribution in [0.5, 0.6) is 0 Å². The standard InChI is InChI=1S/C21H26Cl2N4O3SSi/c1-21(2,3)32(4,5)30-9-8-13-6-7-16(22)25-17(13)18(26-27-24)14-12-15(31-19(14)23)20-28-10-11-29-20/h6-7,10-12,18,20H,8-9H2,1-5H3. The molecule has 3 rings (SSSR count). The molecule has 32 heavy (non-hydrogen) atoms. The summed E-state index contributed by atoms with van der Waals surface area (Å²) in [5.74, 6) is 0. The maximum absolute atomic E-state index is 9.28. The predicted octanol–water partition coefficient (Wildman–Crippen LogP) is 7.93. The third-order valence-electron chi connectivity index (χ3n) is 5.76. The van der Waals surface area contributed by atoms with E-state index in [1.54, 1.807) is 6.07 Å². The van der Waals surface area contributed by atoms with Crippen LogP contribution in [-0.2, 0) is 20.3 Å². The molecular weight excluding hydrogens is 487 g/mol. The third-order valence-corrected chi connectivity index (χ3v) is 11.9. The van der Waals surface area contributed by atoms with E-state index in [4.69, 9.17) is 37.1 Å². The summed E-state index contributed by atoms with van der Waals surface area (Å²) in [6.45, 7) is 11.6. The molecule has 1 aliphatic heterocycles. The molecular formula is C21H26Cl2N4O3SSi. The molecule has 1 aliphatic rings. The number of halogens is 2. The zero-order valence-electron chi connectivity index (χ0n) is 18.6. The zero-order valence-corrected chi connectivity index (χ0v) is 22.0.